The van der Waals surface area contributed by atoms with E-state index in [2.05, 4.69) is 15.1 Å². The first-order valence-electron chi connectivity index (χ1n) is 12.4. The van der Waals surface area contributed by atoms with E-state index in [1.54, 1.807) is 14.0 Å². The molecule has 3 aliphatic heterocycles. The lowest BCUT2D eigenvalue weighted by molar-refractivity contribution is -0.159. The summed E-state index contributed by atoms with van der Waals surface area (Å²) in [7, 11) is 4.47. The van der Waals surface area contributed by atoms with Crippen LogP contribution in [0.15, 0.2) is 42.5 Å². The van der Waals surface area contributed by atoms with Crippen molar-refractivity contribution in [3.8, 4) is 5.75 Å². The number of nitrogens with one attached hydrogen (secondary N) is 1. The summed E-state index contributed by atoms with van der Waals surface area (Å²) < 4.78 is 5.59. The minimum Gasteiger partial charge on any atom is -0.495 e. The number of para-hydroxylation sites is 2. The lowest BCUT2D eigenvalue weighted by Gasteiger charge is -2.56. The molecule has 2 saturated heterocycles. The SMILES string of the molecule is CCC(=O)Nc1ccc2c(c1)CC1(C(=O)N(C)C(=O)N(C)C1=O)C1CN(c3ccccc3OC)CCN21. The average molecular weight is 506 g/mol. The maximum Gasteiger partial charge on any atom is 0.332 e. The lowest BCUT2D eigenvalue weighted by atomic mass is 9.67. The fraction of sp³-hybridized carbons (Fsp3) is 0.407. The van der Waals surface area contributed by atoms with Gasteiger partial charge in [0, 0.05) is 51.5 Å². The number of hydrogen-bond acceptors (Lipinski definition) is 7. The van der Waals surface area contributed by atoms with Crippen LogP contribution in [-0.4, -0.2) is 80.4 Å². The van der Waals surface area contributed by atoms with Crippen molar-refractivity contribution in [2.45, 2.75) is 25.8 Å². The fourth-order valence-corrected chi connectivity index (χ4v) is 5.88. The Morgan fingerprint density at radius 1 is 1.03 bits per heavy atom. The predicted molar refractivity (Wildman–Crippen MR) is 139 cm³/mol. The molecule has 10 heteroatoms. The maximum absolute atomic E-state index is 13.9. The quantitative estimate of drug-likeness (QED) is 0.637. The van der Waals surface area contributed by atoms with Crippen LogP contribution in [0.3, 0.4) is 0 Å². The fourth-order valence-electron chi connectivity index (χ4n) is 5.88. The number of benzene rings is 2. The van der Waals surface area contributed by atoms with Crippen LogP contribution in [0.1, 0.15) is 18.9 Å². The molecule has 0 radical (unpaired) electrons. The van der Waals surface area contributed by atoms with Crippen LogP contribution in [0.5, 0.6) is 5.75 Å². The number of fused-ring (bicyclic) bond motifs is 4. The van der Waals surface area contributed by atoms with Crippen molar-refractivity contribution in [3.05, 3.63) is 48.0 Å². The molecule has 37 heavy (non-hydrogen) atoms. The zero-order valence-corrected chi connectivity index (χ0v) is 21.5. The molecule has 3 heterocycles. The van der Waals surface area contributed by atoms with E-state index in [0.717, 1.165) is 26.7 Å². The Bertz CT molecular complexity index is 1270. The predicted octanol–water partition coefficient (Wildman–Crippen LogP) is 2.33. The minimum absolute atomic E-state index is 0.122. The molecule has 1 spiro atoms. The molecule has 3 aliphatic rings. The monoisotopic (exact) mass is 505 g/mol. The second-order valence-corrected chi connectivity index (χ2v) is 9.73. The van der Waals surface area contributed by atoms with Crippen molar-refractivity contribution < 1.29 is 23.9 Å². The van der Waals surface area contributed by atoms with Crippen molar-refractivity contribution in [2.24, 2.45) is 5.41 Å². The molecule has 10 nitrogen and oxygen atoms in total. The van der Waals surface area contributed by atoms with Crippen LogP contribution in [0.25, 0.3) is 0 Å². The standard InChI is InChI=1S/C27H31N5O5/c1-5-23(33)28-18-10-11-19-17(14-18)15-27(24(34)29(2)26(36)30(3)25(27)35)22-16-31(12-13-32(19)22)20-8-6-7-9-21(20)37-4/h6-11,14,22H,5,12-13,15-16H2,1-4H3,(H,28,33). The second-order valence-electron chi connectivity index (χ2n) is 9.73. The number of carbonyl (C=O) groups is 4. The number of ether oxygens (including phenoxy) is 1. The van der Waals surface area contributed by atoms with E-state index in [1.807, 2.05) is 42.5 Å². The molecule has 1 N–H and O–H groups in total. The van der Waals surface area contributed by atoms with Crippen LogP contribution in [-0.2, 0) is 20.8 Å². The molecule has 0 aliphatic carbocycles. The highest BCUT2D eigenvalue weighted by molar-refractivity contribution is 6.20. The Kier molecular flexibility index (Phi) is 6.05. The molecular formula is C27H31N5O5. The Balaban J connectivity index is 1.63. The third-order valence-electron chi connectivity index (χ3n) is 7.78. The Labute approximate surface area is 215 Å². The zero-order chi connectivity index (χ0) is 26.5. The van der Waals surface area contributed by atoms with Gasteiger partial charge in [0.15, 0.2) is 5.41 Å². The van der Waals surface area contributed by atoms with Gasteiger partial charge in [0.25, 0.3) is 0 Å². The molecule has 1 unspecified atom stereocenters. The van der Waals surface area contributed by atoms with Gasteiger partial charge in [0.1, 0.15) is 5.75 Å². The normalized spacial score (nSPS) is 20.6. The molecule has 2 aromatic carbocycles. The number of amides is 5. The van der Waals surface area contributed by atoms with Gasteiger partial charge in [-0.3, -0.25) is 24.2 Å². The smallest absolute Gasteiger partial charge is 0.332 e. The molecule has 5 amide bonds. The van der Waals surface area contributed by atoms with Gasteiger partial charge in [-0.25, -0.2) is 4.79 Å². The highest BCUT2D eigenvalue weighted by atomic mass is 16.5. The number of nitrogens with zero attached hydrogens (tertiary/aromatic N) is 4. The molecule has 0 saturated carbocycles. The second kappa shape index (κ2) is 9.10. The topological polar surface area (TPSA) is 102 Å². The number of barbiturate groups is 1. The first-order chi connectivity index (χ1) is 17.7. The molecule has 2 fully saturated rings. The maximum atomic E-state index is 13.9. The summed E-state index contributed by atoms with van der Waals surface area (Å²) in [5.74, 6) is -0.427. The Morgan fingerprint density at radius 3 is 2.41 bits per heavy atom. The van der Waals surface area contributed by atoms with E-state index >= 15 is 0 Å². The van der Waals surface area contributed by atoms with Gasteiger partial charge in [-0.05, 0) is 42.3 Å². The van der Waals surface area contributed by atoms with Gasteiger partial charge in [0.2, 0.25) is 17.7 Å². The number of rotatable bonds is 4. The molecule has 2 aromatic rings. The van der Waals surface area contributed by atoms with E-state index in [1.165, 1.54) is 14.1 Å². The van der Waals surface area contributed by atoms with Gasteiger partial charge in [-0.1, -0.05) is 19.1 Å². The number of anilines is 3. The van der Waals surface area contributed by atoms with Gasteiger partial charge in [0.05, 0.1) is 18.8 Å². The highest BCUT2D eigenvalue weighted by Crippen LogP contribution is 2.48. The number of carbonyl (C=O) groups excluding carboxylic acids is 4. The number of hydrogen-bond donors (Lipinski definition) is 1. The first kappa shape index (κ1) is 24.6. The van der Waals surface area contributed by atoms with E-state index in [4.69, 9.17) is 4.74 Å². The molecule has 5 rings (SSSR count). The lowest BCUT2D eigenvalue weighted by Crippen LogP contribution is -2.74. The first-order valence-corrected chi connectivity index (χ1v) is 12.4. The average Bonchev–Trinajstić information content (AvgIpc) is 2.93. The summed E-state index contributed by atoms with van der Waals surface area (Å²) in [6, 6.07) is 12.1. The molecule has 0 bridgehead atoms. The minimum atomic E-state index is -1.50. The summed E-state index contributed by atoms with van der Waals surface area (Å²) in [5, 5.41) is 2.87. The van der Waals surface area contributed by atoms with E-state index in [0.29, 0.717) is 37.5 Å². The van der Waals surface area contributed by atoms with Crippen LogP contribution < -0.4 is 19.9 Å². The van der Waals surface area contributed by atoms with E-state index in [9.17, 15) is 19.2 Å². The molecular weight excluding hydrogens is 474 g/mol. The number of urea groups is 1. The van der Waals surface area contributed by atoms with Crippen molar-refractivity contribution in [1.82, 2.24) is 9.80 Å². The molecule has 194 valence electrons. The number of piperazine rings is 1. The Hall–Kier alpha value is -4.08. The van der Waals surface area contributed by atoms with Gasteiger partial charge in [-0.2, -0.15) is 0 Å². The summed E-state index contributed by atoms with van der Waals surface area (Å²) in [6.45, 7) is 3.37. The van der Waals surface area contributed by atoms with E-state index in [-0.39, 0.29) is 12.3 Å². The Morgan fingerprint density at radius 2 is 1.73 bits per heavy atom. The van der Waals surface area contributed by atoms with E-state index < -0.39 is 29.3 Å². The summed E-state index contributed by atoms with van der Waals surface area (Å²) in [6.07, 6.45) is 0.460. The number of imide groups is 2. The van der Waals surface area contributed by atoms with Crippen LogP contribution in [0.2, 0.25) is 0 Å². The summed E-state index contributed by atoms with van der Waals surface area (Å²) >= 11 is 0. The number of methoxy groups -OCH3 is 1. The third kappa shape index (κ3) is 3.70. The van der Waals surface area contributed by atoms with Gasteiger partial charge < -0.3 is 19.9 Å². The van der Waals surface area contributed by atoms with Crippen LogP contribution in [0.4, 0.5) is 21.9 Å². The van der Waals surface area contributed by atoms with Gasteiger partial charge >= 0.3 is 6.03 Å². The summed E-state index contributed by atoms with van der Waals surface area (Å²) in [5.41, 5.74) is 1.71. The zero-order valence-electron chi connectivity index (χ0n) is 21.5. The van der Waals surface area contributed by atoms with Crippen molar-refractivity contribution in [3.63, 3.8) is 0 Å². The largest absolute Gasteiger partial charge is 0.495 e. The third-order valence-corrected chi connectivity index (χ3v) is 7.78. The summed E-state index contributed by atoms with van der Waals surface area (Å²) in [4.78, 5) is 58.9. The van der Waals surface area contributed by atoms with Crippen molar-refractivity contribution in [2.75, 3.05) is 56.0 Å². The van der Waals surface area contributed by atoms with Crippen molar-refractivity contribution in [1.29, 1.82) is 0 Å². The highest BCUT2D eigenvalue weighted by Gasteiger charge is 2.64. The van der Waals surface area contributed by atoms with Crippen LogP contribution in [0, 0.1) is 5.41 Å². The van der Waals surface area contributed by atoms with Gasteiger partial charge in [-0.15, -0.1) is 0 Å². The molecule has 1 atom stereocenters. The van der Waals surface area contributed by atoms with Crippen molar-refractivity contribution >= 4 is 40.8 Å². The van der Waals surface area contributed by atoms with Crippen LogP contribution >= 0.6 is 0 Å². The molecule has 0 aromatic heterocycles.